The Labute approximate surface area is 185 Å². The van der Waals surface area contributed by atoms with Gasteiger partial charge in [0.15, 0.2) is 0 Å². The molecule has 0 aliphatic carbocycles. The maximum atomic E-state index is 12.7. The Morgan fingerprint density at radius 3 is 2.44 bits per heavy atom. The molecule has 0 spiro atoms. The minimum atomic E-state index is -0.448. The Kier molecular flexibility index (Phi) is 6.27. The quantitative estimate of drug-likeness (QED) is 0.431. The molecule has 0 bridgehead atoms. The number of non-ortho nitro benzene ring substituents is 1. The van der Waals surface area contributed by atoms with Crippen molar-refractivity contribution in [2.45, 2.75) is 26.3 Å². The van der Waals surface area contributed by atoms with Crippen LogP contribution in [0.1, 0.15) is 30.0 Å². The summed E-state index contributed by atoms with van der Waals surface area (Å²) in [6, 6.07) is 13.9. The molecular formula is C23H25N5O4. The Bertz CT molecular complexity index is 1100. The molecule has 32 heavy (non-hydrogen) atoms. The molecular weight excluding hydrogens is 410 g/mol. The summed E-state index contributed by atoms with van der Waals surface area (Å²) in [5.74, 6) is 0.955. The molecule has 4 rings (SSSR count). The van der Waals surface area contributed by atoms with Crippen LogP contribution >= 0.6 is 0 Å². The summed E-state index contributed by atoms with van der Waals surface area (Å²) in [4.78, 5) is 27.2. The standard InChI is InChI=1S/C23H25N5O4/c1-16-5-3-4-6-19(16)15-21(29)27-13-11-26(12-14-27)17(2)22-24-25-23(32-22)18-7-9-20(10-8-18)28(30)31/h3-10,17H,11-15H2,1-2H3. The van der Waals surface area contributed by atoms with Crippen LogP contribution in [-0.2, 0) is 11.2 Å². The molecule has 0 radical (unpaired) electrons. The highest BCUT2D eigenvalue weighted by Gasteiger charge is 2.28. The highest BCUT2D eigenvalue weighted by Crippen LogP contribution is 2.26. The van der Waals surface area contributed by atoms with Gasteiger partial charge in [0.1, 0.15) is 0 Å². The van der Waals surface area contributed by atoms with Crippen molar-refractivity contribution in [2.75, 3.05) is 26.2 Å². The molecule has 2 aromatic carbocycles. The summed E-state index contributed by atoms with van der Waals surface area (Å²) in [6.45, 7) is 6.76. The van der Waals surface area contributed by atoms with E-state index in [1.807, 2.05) is 43.0 Å². The SMILES string of the molecule is Cc1ccccc1CC(=O)N1CCN(C(C)c2nnc(-c3ccc([N+](=O)[O-])cc3)o2)CC1. The van der Waals surface area contributed by atoms with E-state index in [0.29, 0.717) is 36.9 Å². The van der Waals surface area contributed by atoms with Gasteiger partial charge in [-0.05, 0) is 37.1 Å². The average molecular weight is 435 g/mol. The van der Waals surface area contributed by atoms with Crippen LogP contribution in [0.2, 0.25) is 0 Å². The number of nitro groups is 1. The van der Waals surface area contributed by atoms with E-state index in [-0.39, 0.29) is 17.6 Å². The lowest BCUT2D eigenvalue weighted by molar-refractivity contribution is -0.384. The molecule has 1 aliphatic heterocycles. The van der Waals surface area contributed by atoms with Crippen molar-refractivity contribution < 1.29 is 14.1 Å². The molecule has 1 atom stereocenters. The highest BCUT2D eigenvalue weighted by molar-refractivity contribution is 5.79. The maximum absolute atomic E-state index is 12.7. The van der Waals surface area contributed by atoms with E-state index in [2.05, 4.69) is 15.1 Å². The van der Waals surface area contributed by atoms with Crippen LogP contribution in [-0.4, -0.2) is 57.0 Å². The molecule has 9 nitrogen and oxygen atoms in total. The number of carbonyl (C=O) groups is 1. The van der Waals surface area contributed by atoms with Crippen molar-refractivity contribution in [1.29, 1.82) is 0 Å². The molecule has 1 aliphatic rings. The van der Waals surface area contributed by atoms with Gasteiger partial charge in [-0.25, -0.2) is 0 Å². The number of nitro benzene ring substituents is 1. The van der Waals surface area contributed by atoms with Crippen LogP contribution in [0.4, 0.5) is 5.69 Å². The van der Waals surface area contributed by atoms with Crippen molar-refractivity contribution in [2.24, 2.45) is 0 Å². The van der Waals surface area contributed by atoms with Crippen LogP contribution in [0.15, 0.2) is 52.9 Å². The normalized spacial score (nSPS) is 15.5. The average Bonchev–Trinajstić information content (AvgIpc) is 3.30. The van der Waals surface area contributed by atoms with Gasteiger partial charge in [-0.1, -0.05) is 24.3 Å². The zero-order valence-electron chi connectivity index (χ0n) is 18.1. The van der Waals surface area contributed by atoms with Crippen molar-refractivity contribution in [1.82, 2.24) is 20.0 Å². The zero-order valence-corrected chi connectivity index (χ0v) is 18.1. The molecule has 1 aromatic heterocycles. The van der Waals surface area contributed by atoms with Gasteiger partial charge in [0, 0.05) is 43.9 Å². The molecule has 9 heteroatoms. The van der Waals surface area contributed by atoms with Crippen LogP contribution in [0.3, 0.4) is 0 Å². The molecule has 1 amide bonds. The van der Waals surface area contributed by atoms with Gasteiger partial charge in [-0.15, -0.1) is 10.2 Å². The van der Waals surface area contributed by atoms with Gasteiger partial charge in [0.05, 0.1) is 17.4 Å². The van der Waals surface area contributed by atoms with E-state index in [1.165, 1.54) is 12.1 Å². The van der Waals surface area contributed by atoms with Gasteiger partial charge in [0.25, 0.3) is 5.69 Å². The monoisotopic (exact) mass is 435 g/mol. The third-order valence-corrected chi connectivity index (χ3v) is 5.94. The Morgan fingerprint density at radius 2 is 1.78 bits per heavy atom. The van der Waals surface area contributed by atoms with E-state index < -0.39 is 4.92 Å². The lowest BCUT2D eigenvalue weighted by Gasteiger charge is -2.37. The second-order valence-corrected chi connectivity index (χ2v) is 7.95. The number of piperazine rings is 1. The maximum Gasteiger partial charge on any atom is 0.269 e. The predicted molar refractivity (Wildman–Crippen MR) is 118 cm³/mol. The fraction of sp³-hybridized carbons (Fsp3) is 0.348. The lowest BCUT2D eigenvalue weighted by Crippen LogP contribution is -2.49. The lowest BCUT2D eigenvalue weighted by atomic mass is 10.1. The van der Waals surface area contributed by atoms with E-state index in [9.17, 15) is 14.9 Å². The van der Waals surface area contributed by atoms with Gasteiger partial charge in [-0.2, -0.15) is 0 Å². The molecule has 1 fully saturated rings. The van der Waals surface area contributed by atoms with E-state index in [4.69, 9.17) is 4.42 Å². The van der Waals surface area contributed by atoms with E-state index in [1.54, 1.807) is 12.1 Å². The third kappa shape index (κ3) is 4.67. The highest BCUT2D eigenvalue weighted by atomic mass is 16.6. The predicted octanol–water partition coefficient (Wildman–Crippen LogP) is 3.40. The first-order chi connectivity index (χ1) is 15.4. The van der Waals surface area contributed by atoms with Crippen LogP contribution in [0.25, 0.3) is 11.5 Å². The second-order valence-electron chi connectivity index (χ2n) is 7.95. The van der Waals surface area contributed by atoms with Crippen molar-refractivity contribution in [3.05, 3.63) is 75.7 Å². The van der Waals surface area contributed by atoms with Gasteiger partial charge in [-0.3, -0.25) is 19.8 Å². The molecule has 3 aromatic rings. The number of hydrogen-bond acceptors (Lipinski definition) is 7. The van der Waals surface area contributed by atoms with E-state index in [0.717, 1.165) is 24.2 Å². The number of amides is 1. The van der Waals surface area contributed by atoms with Crippen molar-refractivity contribution in [3.63, 3.8) is 0 Å². The van der Waals surface area contributed by atoms with Gasteiger partial charge >= 0.3 is 0 Å². The van der Waals surface area contributed by atoms with Gasteiger partial charge in [0.2, 0.25) is 17.7 Å². The van der Waals surface area contributed by atoms with Crippen molar-refractivity contribution >= 4 is 11.6 Å². The Morgan fingerprint density at radius 1 is 1.09 bits per heavy atom. The number of nitrogens with zero attached hydrogens (tertiary/aromatic N) is 5. The minimum Gasteiger partial charge on any atom is -0.419 e. The fourth-order valence-electron chi connectivity index (χ4n) is 3.84. The Hall–Kier alpha value is -3.59. The van der Waals surface area contributed by atoms with E-state index >= 15 is 0 Å². The van der Waals surface area contributed by atoms with Crippen LogP contribution in [0.5, 0.6) is 0 Å². The topological polar surface area (TPSA) is 106 Å². The summed E-state index contributed by atoms with van der Waals surface area (Å²) >= 11 is 0. The summed E-state index contributed by atoms with van der Waals surface area (Å²) in [5.41, 5.74) is 2.84. The molecule has 0 N–H and O–H groups in total. The number of aryl methyl sites for hydroxylation is 1. The Balaban J connectivity index is 1.34. The molecule has 0 saturated carbocycles. The smallest absolute Gasteiger partial charge is 0.269 e. The summed E-state index contributed by atoms with van der Waals surface area (Å²) < 4.78 is 5.84. The second kappa shape index (κ2) is 9.27. The summed E-state index contributed by atoms with van der Waals surface area (Å²) in [7, 11) is 0. The number of benzene rings is 2. The molecule has 1 saturated heterocycles. The first-order valence-electron chi connectivity index (χ1n) is 10.6. The zero-order chi connectivity index (χ0) is 22.7. The van der Waals surface area contributed by atoms with Crippen LogP contribution in [0, 0.1) is 17.0 Å². The largest absolute Gasteiger partial charge is 0.419 e. The molecule has 2 heterocycles. The summed E-state index contributed by atoms with van der Waals surface area (Å²) in [5, 5.41) is 19.1. The number of aromatic nitrogens is 2. The number of rotatable bonds is 6. The fourth-order valence-corrected chi connectivity index (χ4v) is 3.84. The number of hydrogen-bond donors (Lipinski definition) is 0. The van der Waals surface area contributed by atoms with Gasteiger partial charge < -0.3 is 9.32 Å². The first-order valence-corrected chi connectivity index (χ1v) is 10.6. The third-order valence-electron chi connectivity index (χ3n) is 5.94. The molecule has 1 unspecified atom stereocenters. The first kappa shape index (κ1) is 21.6. The molecule has 166 valence electrons. The number of carbonyl (C=O) groups excluding carboxylic acids is 1. The minimum absolute atomic E-state index is 0.0108. The van der Waals surface area contributed by atoms with Crippen LogP contribution < -0.4 is 0 Å². The summed E-state index contributed by atoms with van der Waals surface area (Å²) in [6.07, 6.45) is 0.421. The van der Waals surface area contributed by atoms with Crippen molar-refractivity contribution in [3.8, 4) is 11.5 Å².